The monoisotopic (exact) mass is 584 g/mol. The maximum atomic E-state index is 9.34. The van der Waals surface area contributed by atoms with Crippen LogP contribution in [-0.2, 0) is 4.74 Å². The first kappa shape index (κ1) is 28.0. The first-order chi connectivity index (χ1) is 19.4. The minimum atomic E-state index is -0.220. The van der Waals surface area contributed by atoms with Gasteiger partial charge in [0.05, 0.1) is 35.8 Å². The molecule has 1 aromatic heterocycles. The van der Waals surface area contributed by atoms with Crippen LogP contribution in [-0.4, -0.2) is 103 Å². The number of likely N-dealkylation sites (N-methyl/N-ethyl adjacent to an activating group) is 1. The highest BCUT2D eigenvalue weighted by Crippen LogP contribution is 2.35. The maximum Gasteiger partial charge on any atom is 0.212 e. The van der Waals surface area contributed by atoms with Crippen molar-refractivity contribution < 1.29 is 14.2 Å². The molecular formula is C27H30Cl2N8O3. The molecule has 0 saturated carbocycles. The van der Waals surface area contributed by atoms with E-state index in [2.05, 4.69) is 42.0 Å². The molecule has 2 aliphatic heterocycles. The van der Waals surface area contributed by atoms with E-state index in [1.54, 1.807) is 19.2 Å². The van der Waals surface area contributed by atoms with Crippen LogP contribution in [0.5, 0.6) is 11.5 Å². The third-order valence-corrected chi connectivity index (χ3v) is 7.62. The molecule has 3 heterocycles. The number of morpholine rings is 1. The molecule has 0 amide bonds. The number of halogens is 2. The van der Waals surface area contributed by atoms with E-state index in [1.807, 2.05) is 24.4 Å². The molecule has 2 saturated heterocycles. The average molecular weight is 585 g/mol. The van der Waals surface area contributed by atoms with Crippen LogP contribution >= 0.6 is 23.2 Å². The molecule has 1 unspecified atom stereocenters. The summed E-state index contributed by atoms with van der Waals surface area (Å²) in [5.74, 6) is 2.37. The lowest BCUT2D eigenvalue weighted by Gasteiger charge is -2.41. The zero-order valence-corrected chi connectivity index (χ0v) is 23.8. The minimum absolute atomic E-state index is 0.220. The second-order valence-corrected chi connectivity index (χ2v) is 10.4. The van der Waals surface area contributed by atoms with Crippen molar-refractivity contribution in [1.82, 2.24) is 24.7 Å². The molecule has 0 aliphatic carbocycles. The Morgan fingerprint density at radius 2 is 1.93 bits per heavy atom. The van der Waals surface area contributed by atoms with Gasteiger partial charge in [-0.15, -0.1) is 4.99 Å². The SMILES string of the molecule is COc1cc2c(Nc3ccc(Cl)c(Cl)c3)ncnc2cc1OCC1CN(/C(=N/C#N)N2CCN(C)CC2)CCO1. The Balaban J connectivity index is 1.29. The summed E-state index contributed by atoms with van der Waals surface area (Å²) in [4.78, 5) is 19.5. The molecule has 2 aromatic carbocycles. The van der Waals surface area contributed by atoms with Gasteiger partial charge in [-0.1, -0.05) is 23.2 Å². The van der Waals surface area contributed by atoms with Crippen LogP contribution in [0.4, 0.5) is 11.5 Å². The van der Waals surface area contributed by atoms with Crippen molar-refractivity contribution in [2.24, 2.45) is 4.99 Å². The van der Waals surface area contributed by atoms with E-state index in [0.717, 1.165) is 37.3 Å². The fraction of sp³-hybridized carbons (Fsp3) is 0.407. The number of nitriles is 1. The number of nitrogens with one attached hydrogen (secondary N) is 1. The maximum absolute atomic E-state index is 9.34. The lowest BCUT2D eigenvalue weighted by molar-refractivity contribution is -0.0324. The molecule has 2 fully saturated rings. The van der Waals surface area contributed by atoms with Gasteiger partial charge in [-0.25, -0.2) is 9.97 Å². The summed E-state index contributed by atoms with van der Waals surface area (Å²) in [5.41, 5.74) is 1.42. The molecule has 0 radical (unpaired) electrons. The molecular weight excluding hydrogens is 555 g/mol. The molecule has 1 atom stereocenters. The Hall–Kier alpha value is -3.56. The molecule has 11 nitrogen and oxygen atoms in total. The summed E-state index contributed by atoms with van der Waals surface area (Å²) in [6.45, 7) is 5.53. The molecule has 5 rings (SSSR count). The highest BCUT2D eigenvalue weighted by atomic mass is 35.5. The number of hydrogen-bond donors (Lipinski definition) is 1. The summed E-state index contributed by atoms with van der Waals surface area (Å²) in [7, 11) is 3.68. The number of nitrogens with zero attached hydrogens (tertiary/aromatic N) is 7. The van der Waals surface area contributed by atoms with Crippen LogP contribution in [0, 0.1) is 11.5 Å². The number of anilines is 2. The number of methoxy groups -OCH3 is 1. The van der Waals surface area contributed by atoms with E-state index < -0.39 is 0 Å². The third-order valence-electron chi connectivity index (χ3n) is 6.89. The van der Waals surface area contributed by atoms with Gasteiger partial charge in [0.2, 0.25) is 12.2 Å². The van der Waals surface area contributed by atoms with Gasteiger partial charge in [-0.3, -0.25) is 0 Å². The number of hydrogen-bond acceptors (Lipinski definition) is 9. The number of rotatable bonds is 6. The van der Waals surface area contributed by atoms with Crippen molar-refractivity contribution in [3.63, 3.8) is 0 Å². The van der Waals surface area contributed by atoms with Crippen molar-refractivity contribution >= 4 is 51.6 Å². The second-order valence-electron chi connectivity index (χ2n) is 9.55. The Labute approximate surface area is 242 Å². The van der Waals surface area contributed by atoms with Crippen molar-refractivity contribution in [2.75, 3.05) is 72.0 Å². The van der Waals surface area contributed by atoms with Gasteiger partial charge in [0.25, 0.3) is 0 Å². The predicted molar refractivity (Wildman–Crippen MR) is 155 cm³/mol. The molecule has 3 aromatic rings. The highest BCUT2D eigenvalue weighted by molar-refractivity contribution is 6.42. The van der Waals surface area contributed by atoms with Crippen molar-refractivity contribution in [2.45, 2.75) is 6.10 Å². The van der Waals surface area contributed by atoms with Gasteiger partial charge >= 0.3 is 0 Å². The van der Waals surface area contributed by atoms with E-state index in [-0.39, 0.29) is 6.10 Å². The Morgan fingerprint density at radius 3 is 2.67 bits per heavy atom. The van der Waals surface area contributed by atoms with Crippen LogP contribution in [0.1, 0.15) is 0 Å². The van der Waals surface area contributed by atoms with E-state index in [1.165, 1.54) is 6.33 Å². The molecule has 40 heavy (non-hydrogen) atoms. The predicted octanol–water partition coefficient (Wildman–Crippen LogP) is 3.85. The molecule has 210 valence electrons. The van der Waals surface area contributed by atoms with Gasteiger partial charge in [0, 0.05) is 49.9 Å². The van der Waals surface area contributed by atoms with Crippen molar-refractivity contribution in [3.05, 3.63) is 46.7 Å². The van der Waals surface area contributed by atoms with Crippen LogP contribution < -0.4 is 14.8 Å². The largest absolute Gasteiger partial charge is 0.493 e. The zero-order chi connectivity index (χ0) is 28.1. The van der Waals surface area contributed by atoms with E-state index in [0.29, 0.717) is 65.1 Å². The number of piperazine rings is 1. The van der Waals surface area contributed by atoms with Gasteiger partial charge in [0.1, 0.15) is 24.9 Å². The number of benzene rings is 2. The Kier molecular flexibility index (Phi) is 8.91. The average Bonchev–Trinajstić information content (AvgIpc) is 2.97. The molecule has 2 aliphatic rings. The number of fused-ring (bicyclic) bond motifs is 1. The topological polar surface area (TPSA) is 111 Å². The molecule has 1 N–H and O–H groups in total. The Bertz CT molecular complexity index is 1420. The van der Waals surface area contributed by atoms with E-state index >= 15 is 0 Å². The standard InChI is InChI=1S/C27H30Cl2N8O3/c1-35-5-7-36(8-6-35)27(31-16-30)37-9-10-39-19(14-37)15-40-25-13-23-20(12-24(25)38-2)26(33-17-32-23)34-18-3-4-21(28)22(29)11-18/h3-4,11-13,17,19H,5-10,14-15H2,1-2H3,(H,32,33,34)/b31-27+. The van der Waals surface area contributed by atoms with Gasteiger partial charge in [-0.2, -0.15) is 5.26 Å². The second kappa shape index (κ2) is 12.7. The first-order valence-electron chi connectivity index (χ1n) is 12.9. The van der Waals surface area contributed by atoms with Crippen LogP contribution in [0.3, 0.4) is 0 Å². The fourth-order valence-electron chi connectivity index (χ4n) is 4.72. The number of aromatic nitrogens is 2. The highest BCUT2D eigenvalue weighted by Gasteiger charge is 2.28. The molecule has 13 heteroatoms. The van der Waals surface area contributed by atoms with Crippen molar-refractivity contribution in [1.29, 1.82) is 5.26 Å². The van der Waals surface area contributed by atoms with E-state index in [9.17, 15) is 5.26 Å². The minimum Gasteiger partial charge on any atom is -0.493 e. The number of aliphatic imine (C=N–C) groups is 1. The summed E-state index contributed by atoms with van der Waals surface area (Å²) in [6, 6.07) is 8.93. The van der Waals surface area contributed by atoms with Crippen LogP contribution in [0.25, 0.3) is 10.9 Å². The van der Waals surface area contributed by atoms with Crippen LogP contribution in [0.2, 0.25) is 10.0 Å². The normalized spacial score (nSPS) is 18.5. The van der Waals surface area contributed by atoms with Crippen LogP contribution in [0.15, 0.2) is 41.7 Å². The number of ether oxygens (including phenoxy) is 3. The Morgan fingerprint density at radius 1 is 1.10 bits per heavy atom. The van der Waals surface area contributed by atoms with Gasteiger partial charge in [-0.05, 0) is 31.3 Å². The summed E-state index contributed by atoms with van der Waals surface area (Å²) in [6.07, 6.45) is 3.24. The summed E-state index contributed by atoms with van der Waals surface area (Å²) < 4.78 is 17.8. The zero-order valence-electron chi connectivity index (χ0n) is 22.3. The van der Waals surface area contributed by atoms with Crippen molar-refractivity contribution in [3.8, 4) is 17.7 Å². The fourth-order valence-corrected chi connectivity index (χ4v) is 5.02. The lowest BCUT2D eigenvalue weighted by Crippen LogP contribution is -2.56. The lowest BCUT2D eigenvalue weighted by atomic mass is 10.2. The third kappa shape index (κ3) is 6.42. The smallest absolute Gasteiger partial charge is 0.212 e. The summed E-state index contributed by atoms with van der Waals surface area (Å²) in [5, 5.41) is 14.3. The summed E-state index contributed by atoms with van der Waals surface area (Å²) >= 11 is 12.2. The number of guanidine groups is 1. The molecule has 0 bridgehead atoms. The molecule has 0 spiro atoms. The van der Waals surface area contributed by atoms with Gasteiger partial charge in [0.15, 0.2) is 11.5 Å². The first-order valence-corrected chi connectivity index (χ1v) is 13.6. The quantitative estimate of drug-likeness (QED) is 0.260. The van der Waals surface area contributed by atoms with E-state index in [4.69, 9.17) is 37.4 Å². The van der Waals surface area contributed by atoms with Gasteiger partial charge < -0.3 is 34.2 Å².